The fourth-order valence-electron chi connectivity index (χ4n) is 0.0638. The second-order valence-electron chi connectivity index (χ2n) is 1.32. The van der Waals surface area contributed by atoms with Crippen molar-refractivity contribution in [2.45, 2.75) is 0 Å². The summed E-state index contributed by atoms with van der Waals surface area (Å²) in [6.45, 7) is 0. The summed E-state index contributed by atoms with van der Waals surface area (Å²) in [5.74, 6) is 0. The summed E-state index contributed by atoms with van der Waals surface area (Å²) in [6, 6.07) is 0. The van der Waals surface area contributed by atoms with Gasteiger partial charge in [0, 0.05) is 0 Å². The fraction of sp³-hybridized carbons (Fsp3) is 0.500. The monoisotopic (exact) mass is 219 g/mol. The van der Waals surface area contributed by atoms with Crippen LogP contribution in [0.5, 0.6) is 0 Å². The quantitative estimate of drug-likeness (QED) is 0.510. The molecular formula is C2H5NO7S2. The van der Waals surface area contributed by atoms with E-state index in [-0.39, 0.29) is 0 Å². The Balaban J connectivity index is 0. The van der Waals surface area contributed by atoms with Gasteiger partial charge in [0.2, 0.25) is 0 Å². The van der Waals surface area contributed by atoms with Crippen LogP contribution in [0.4, 0.5) is 4.79 Å². The second kappa shape index (κ2) is 5.62. The Morgan fingerprint density at radius 2 is 1.67 bits per heavy atom. The third-order valence-electron chi connectivity index (χ3n) is 0.153. The average molecular weight is 219 g/mol. The van der Waals surface area contributed by atoms with Gasteiger partial charge < -0.3 is 5.11 Å². The maximum absolute atomic E-state index is 9.26. The van der Waals surface area contributed by atoms with Gasteiger partial charge in [-0.05, 0) is 0 Å². The Morgan fingerprint density at radius 3 is 1.67 bits per heavy atom. The van der Waals surface area contributed by atoms with Crippen molar-refractivity contribution in [2.24, 2.45) is 4.36 Å². The molecule has 2 N–H and O–H groups in total. The maximum atomic E-state index is 9.26. The largest absolute Gasteiger partial charge is 0.463 e. The standard InChI is InChI=1S/CHNO4S.CH4O3S/c3-1(4)2-7(5)6;1-5(2,3)4/h(H,3,4);1H3,(H,2,3,4). The predicted octanol–water partition coefficient (Wildman–Crippen LogP) is -0.769. The minimum absolute atomic E-state index is 0.715. The number of rotatable bonds is 0. The molecule has 0 radical (unpaired) electrons. The summed E-state index contributed by atoms with van der Waals surface area (Å²) in [5.41, 5.74) is 0. The second-order valence-corrected chi connectivity index (χ2v) is 3.41. The number of hydrogen-bond donors (Lipinski definition) is 2. The minimum atomic E-state index is -3.67. The van der Waals surface area contributed by atoms with Crippen LogP contribution in [0.15, 0.2) is 4.36 Å². The van der Waals surface area contributed by atoms with Crippen LogP contribution in [-0.4, -0.2) is 38.8 Å². The Labute approximate surface area is 69.3 Å². The summed E-state index contributed by atoms with van der Waals surface area (Å²) < 4.78 is 46.5. The zero-order valence-corrected chi connectivity index (χ0v) is 7.33. The van der Waals surface area contributed by atoms with Crippen LogP contribution in [0.1, 0.15) is 0 Å². The van der Waals surface area contributed by atoms with E-state index in [0.29, 0.717) is 6.26 Å². The average Bonchev–Trinajstić information content (AvgIpc) is 1.52. The van der Waals surface area contributed by atoms with Crippen LogP contribution in [0, 0.1) is 0 Å². The van der Waals surface area contributed by atoms with Gasteiger partial charge in [-0.2, -0.15) is 16.8 Å². The summed E-state index contributed by atoms with van der Waals surface area (Å²) in [6.07, 6.45) is -0.985. The Kier molecular flexibility index (Phi) is 6.37. The highest BCUT2D eigenvalue weighted by atomic mass is 32.2. The maximum Gasteiger partial charge on any atom is 0.446 e. The van der Waals surface area contributed by atoms with Gasteiger partial charge >= 0.3 is 16.6 Å². The van der Waals surface area contributed by atoms with E-state index in [4.69, 9.17) is 9.66 Å². The molecule has 0 aliphatic carbocycles. The van der Waals surface area contributed by atoms with Crippen LogP contribution < -0.4 is 0 Å². The van der Waals surface area contributed by atoms with Crippen LogP contribution in [0.3, 0.4) is 0 Å². The van der Waals surface area contributed by atoms with E-state index in [1.807, 2.05) is 0 Å². The normalized spacial score (nSPS) is 9.17. The van der Waals surface area contributed by atoms with Gasteiger partial charge in [-0.3, -0.25) is 4.55 Å². The molecule has 0 rings (SSSR count). The molecule has 0 saturated heterocycles. The summed E-state index contributed by atoms with van der Waals surface area (Å²) in [4.78, 5) is 9.25. The molecule has 0 saturated carbocycles. The summed E-state index contributed by atoms with van der Waals surface area (Å²) in [7, 11) is -6.49. The molecule has 0 aromatic heterocycles. The highest BCUT2D eigenvalue weighted by Crippen LogP contribution is 1.65. The minimum Gasteiger partial charge on any atom is -0.463 e. The fourth-order valence-corrected chi connectivity index (χ4v) is 0.191. The van der Waals surface area contributed by atoms with Gasteiger partial charge in [0.05, 0.1) is 6.26 Å². The number of hydrogen-bond acceptors (Lipinski definition) is 5. The van der Waals surface area contributed by atoms with Gasteiger partial charge in [-0.15, -0.1) is 0 Å². The lowest BCUT2D eigenvalue weighted by atomic mass is 11.3. The van der Waals surface area contributed by atoms with E-state index in [0.717, 1.165) is 0 Å². The van der Waals surface area contributed by atoms with Crippen molar-refractivity contribution in [3.63, 3.8) is 0 Å². The van der Waals surface area contributed by atoms with E-state index in [1.165, 1.54) is 0 Å². The van der Waals surface area contributed by atoms with E-state index in [1.54, 1.807) is 0 Å². The lowest BCUT2D eigenvalue weighted by molar-refractivity contribution is 0.206. The molecule has 10 heteroatoms. The highest BCUT2D eigenvalue weighted by molar-refractivity contribution is 7.85. The van der Waals surface area contributed by atoms with Gasteiger partial charge in [0.15, 0.2) is 0 Å². The van der Waals surface area contributed by atoms with Crippen molar-refractivity contribution in [3.8, 4) is 0 Å². The highest BCUT2D eigenvalue weighted by Gasteiger charge is 1.84. The molecule has 12 heavy (non-hydrogen) atoms. The SMILES string of the molecule is CS(=O)(=O)O.O=C(O)N=S(=O)=O. The summed E-state index contributed by atoms with van der Waals surface area (Å²) >= 11 is 0. The molecule has 0 heterocycles. The van der Waals surface area contributed by atoms with Crippen molar-refractivity contribution in [1.82, 2.24) is 0 Å². The van der Waals surface area contributed by atoms with Crippen molar-refractivity contribution < 1.29 is 31.3 Å². The number of carbonyl (C=O) groups is 1. The van der Waals surface area contributed by atoms with Crippen molar-refractivity contribution in [1.29, 1.82) is 0 Å². The molecule has 0 aromatic rings. The number of amides is 1. The van der Waals surface area contributed by atoms with Crippen molar-refractivity contribution in [3.05, 3.63) is 0 Å². The van der Waals surface area contributed by atoms with E-state index in [9.17, 15) is 21.6 Å². The van der Waals surface area contributed by atoms with Gasteiger partial charge in [-0.25, -0.2) is 4.79 Å². The zero-order chi connectivity index (χ0) is 10.4. The molecule has 0 fully saturated rings. The first kappa shape index (κ1) is 13.6. The summed E-state index contributed by atoms with van der Waals surface area (Å²) in [5, 5.41) is 7.52. The van der Waals surface area contributed by atoms with Gasteiger partial charge in [-0.1, -0.05) is 4.36 Å². The smallest absolute Gasteiger partial charge is 0.446 e. The molecule has 0 aliphatic heterocycles. The first-order chi connectivity index (χ1) is 5.13. The van der Waals surface area contributed by atoms with Gasteiger partial charge in [0.1, 0.15) is 0 Å². The molecule has 0 unspecified atom stereocenters. The number of carboxylic acid groups (broad SMARTS) is 1. The molecule has 0 aliphatic rings. The van der Waals surface area contributed by atoms with E-state index >= 15 is 0 Å². The first-order valence-corrected chi connectivity index (χ1v) is 4.97. The molecule has 8 nitrogen and oxygen atoms in total. The Morgan fingerprint density at radius 1 is 1.42 bits per heavy atom. The predicted molar refractivity (Wildman–Crippen MR) is 36.8 cm³/mol. The van der Waals surface area contributed by atoms with E-state index in [2.05, 4.69) is 4.36 Å². The van der Waals surface area contributed by atoms with Crippen molar-refractivity contribution >= 4 is 26.7 Å². The Hall–Kier alpha value is -1.00. The molecule has 72 valence electrons. The Bertz CT molecular complexity index is 344. The van der Waals surface area contributed by atoms with Crippen LogP contribution >= 0.6 is 0 Å². The van der Waals surface area contributed by atoms with Crippen LogP contribution in [0.2, 0.25) is 0 Å². The van der Waals surface area contributed by atoms with Crippen LogP contribution in [-0.2, 0) is 20.6 Å². The molecule has 0 bridgehead atoms. The molecule has 0 atom stereocenters. The molecule has 0 spiro atoms. The third kappa shape index (κ3) is 64.0. The topological polar surface area (TPSA) is 138 Å². The third-order valence-corrected chi connectivity index (χ3v) is 0.458. The number of nitrogens with zero attached hydrogens (tertiary/aromatic N) is 1. The lowest BCUT2D eigenvalue weighted by Crippen LogP contribution is -1.88. The van der Waals surface area contributed by atoms with E-state index < -0.39 is 26.7 Å². The molecule has 1 amide bonds. The lowest BCUT2D eigenvalue weighted by Gasteiger charge is -1.69. The molecule has 0 aromatic carbocycles. The first-order valence-electron chi connectivity index (χ1n) is 2.09. The molecular weight excluding hydrogens is 214 g/mol. The van der Waals surface area contributed by atoms with Crippen LogP contribution in [0.25, 0.3) is 0 Å². The zero-order valence-electron chi connectivity index (χ0n) is 5.70. The van der Waals surface area contributed by atoms with Crippen molar-refractivity contribution in [2.75, 3.05) is 6.26 Å². The van der Waals surface area contributed by atoms with Gasteiger partial charge in [0.25, 0.3) is 10.1 Å².